The number of nitrogens with one attached hydrogen (secondary N) is 1. The number of methoxy groups -OCH3 is 1. The van der Waals surface area contributed by atoms with Crippen molar-refractivity contribution in [3.05, 3.63) is 64.4 Å². The highest BCUT2D eigenvalue weighted by molar-refractivity contribution is 6.30. The highest BCUT2D eigenvalue weighted by Crippen LogP contribution is 2.25. The van der Waals surface area contributed by atoms with Crippen molar-refractivity contribution >= 4 is 11.6 Å². The van der Waals surface area contributed by atoms with E-state index in [0.717, 1.165) is 11.3 Å². The maximum Gasteiger partial charge on any atom is 0.128 e. The van der Waals surface area contributed by atoms with Crippen molar-refractivity contribution in [3.63, 3.8) is 0 Å². The smallest absolute Gasteiger partial charge is 0.128 e. The average molecular weight is 294 g/mol. The van der Waals surface area contributed by atoms with Crippen LogP contribution >= 0.6 is 11.6 Å². The standard InChI is InChI=1S/C16H17ClFNO/c1-19-16(14-10-12(17)5-8-15(14)18)9-11-3-6-13(20-2)7-4-11/h3-8,10,16,19H,9H2,1-2H3. The van der Waals surface area contributed by atoms with E-state index in [2.05, 4.69) is 5.32 Å². The van der Waals surface area contributed by atoms with Crippen molar-refractivity contribution < 1.29 is 9.13 Å². The highest BCUT2D eigenvalue weighted by atomic mass is 35.5. The van der Waals surface area contributed by atoms with E-state index in [-0.39, 0.29) is 11.9 Å². The molecule has 2 nitrogen and oxygen atoms in total. The molecule has 2 aromatic rings. The van der Waals surface area contributed by atoms with Gasteiger partial charge in [0.1, 0.15) is 11.6 Å². The Balaban J connectivity index is 2.21. The first kappa shape index (κ1) is 14.8. The molecule has 2 aromatic carbocycles. The molecule has 0 bridgehead atoms. The summed E-state index contributed by atoms with van der Waals surface area (Å²) in [6.45, 7) is 0. The molecule has 0 spiro atoms. The minimum absolute atomic E-state index is 0.123. The molecule has 20 heavy (non-hydrogen) atoms. The van der Waals surface area contributed by atoms with Crippen LogP contribution < -0.4 is 10.1 Å². The molecule has 0 saturated heterocycles. The van der Waals surface area contributed by atoms with E-state index in [1.165, 1.54) is 6.07 Å². The Morgan fingerprint density at radius 1 is 1.20 bits per heavy atom. The Hall–Kier alpha value is -1.58. The summed E-state index contributed by atoms with van der Waals surface area (Å²) in [4.78, 5) is 0. The minimum atomic E-state index is -0.248. The van der Waals surface area contributed by atoms with Gasteiger partial charge in [0, 0.05) is 16.6 Å². The van der Waals surface area contributed by atoms with Gasteiger partial charge in [-0.25, -0.2) is 4.39 Å². The lowest BCUT2D eigenvalue weighted by molar-refractivity contribution is 0.414. The van der Waals surface area contributed by atoms with Crippen molar-refractivity contribution in [2.24, 2.45) is 0 Å². The Bertz CT molecular complexity index is 571. The lowest BCUT2D eigenvalue weighted by Gasteiger charge is -2.18. The first-order valence-electron chi connectivity index (χ1n) is 6.39. The van der Waals surface area contributed by atoms with Gasteiger partial charge >= 0.3 is 0 Å². The van der Waals surface area contributed by atoms with Crippen LogP contribution in [0.5, 0.6) is 5.75 Å². The second-order valence-corrected chi connectivity index (χ2v) is 5.00. The quantitative estimate of drug-likeness (QED) is 0.900. The fourth-order valence-electron chi connectivity index (χ4n) is 2.15. The predicted molar refractivity (Wildman–Crippen MR) is 79.9 cm³/mol. The van der Waals surface area contributed by atoms with Gasteiger partial charge < -0.3 is 10.1 Å². The van der Waals surface area contributed by atoms with Gasteiger partial charge in [-0.1, -0.05) is 23.7 Å². The van der Waals surface area contributed by atoms with Gasteiger partial charge in [-0.15, -0.1) is 0 Å². The Morgan fingerprint density at radius 3 is 2.50 bits per heavy atom. The van der Waals surface area contributed by atoms with Crippen molar-refractivity contribution in [1.82, 2.24) is 5.32 Å². The molecule has 0 aliphatic heterocycles. The van der Waals surface area contributed by atoms with Crippen molar-refractivity contribution in [1.29, 1.82) is 0 Å². The number of hydrogen-bond acceptors (Lipinski definition) is 2. The van der Waals surface area contributed by atoms with Crippen LogP contribution in [0.25, 0.3) is 0 Å². The molecule has 1 unspecified atom stereocenters. The Kier molecular flexibility index (Phi) is 4.99. The zero-order chi connectivity index (χ0) is 14.5. The largest absolute Gasteiger partial charge is 0.497 e. The summed E-state index contributed by atoms with van der Waals surface area (Å²) >= 11 is 5.95. The summed E-state index contributed by atoms with van der Waals surface area (Å²) in [6, 6.07) is 12.3. The third kappa shape index (κ3) is 3.50. The Morgan fingerprint density at radius 2 is 1.90 bits per heavy atom. The van der Waals surface area contributed by atoms with Gasteiger partial charge in [0.05, 0.1) is 7.11 Å². The van der Waals surface area contributed by atoms with Gasteiger partial charge in [0.25, 0.3) is 0 Å². The topological polar surface area (TPSA) is 21.3 Å². The molecule has 0 aromatic heterocycles. The monoisotopic (exact) mass is 293 g/mol. The molecular weight excluding hydrogens is 277 g/mol. The van der Waals surface area contributed by atoms with E-state index in [0.29, 0.717) is 17.0 Å². The molecule has 106 valence electrons. The summed E-state index contributed by atoms with van der Waals surface area (Å²) in [5.74, 6) is 0.561. The first-order valence-corrected chi connectivity index (χ1v) is 6.77. The lowest BCUT2D eigenvalue weighted by Crippen LogP contribution is -2.20. The molecular formula is C16H17ClFNO. The fraction of sp³-hybridized carbons (Fsp3) is 0.250. The average Bonchev–Trinajstić information content (AvgIpc) is 2.48. The summed E-state index contributed by atoms with van der Waals surface area (Å²) in [6.07, 6.45) is 0.678. The van der Waals surface area contributed by atoms with Gasteiger partial charge in [0.15, 0.2) is 0 Å². The minimum Gasteiger partial charge on any atom is -0.497 e. The van der Waals surface area contributed by atoms with Gasteiger partial charge in [-0.05, 0) is 49.4 Å². The van der Waals surface area contributed by atoms with E-state index in [9.17, 15) is 4.39 Å². The molecule has 0 aliphatic rings. The number of halogens is 2. The molecule has 0 saturated carbocycles. The molecule has 2 rings (SSSR count). The van der Waals surface area contributed by atoms with Crippen LogP contribution in [0.3, 0.4) is 0 Å². The molecule has 0 radical (unpaired) electrons. The molecule has 1 N–H and O–H groups in total. The van der Waals surface area contributed by atoms with Gasteiger partial charge in [0.2, 0.25) is 0 Å². The molecule has 0 aliphatic carbocycles. The van der Waals surface area contributed by atoms with Crippen molar-refractivity contribution in [2.45, 2.75) is 12.5 Å². The number of ether oxygens (including phenoxy) is 1. The summed E-state index contributed by atoms with van der Waals surface area (Å²) < 4.78 is 19.0. The molecule has 0 heterocycles. The summed E-state index contributed by atoms with van der Waals surface area (Å²) in [5.41, 5.74) is 1.68. The Labute approximate surface area is 123 Å². The van der Waals surface area contributed by atoms with E-state index in [4.69, 9.17) is 16.3 Å². The van der Waals surface area contributed by atoms with Crippen LogP contribution in [0.4, 0.5) is 4.39 Å². The van der Waals surface area contributed by atoms with E-state index < -0.39 is 0 Å². The molecule has 1 atom stereocenters. The van der Waals surface area contributed by atoms with Crippen molar-refractivity contribution in [2.75, 3.05) is 14.2 Å². The van der Waals surface area contributed by atoms with Crippen LogP contribution in [-0.4, -0.2) is 14.2 Å². The highest BCUT2D eigenvalue weighted by Gasteiger charge is 2.15. The molecule has 0 fully saturated rings. The normalized spacial score (nSPS) is 12.2. The summed E-state index contributed by atoms with van der Waals surface area (Å²) in [7, 11) is 3.45. The lowest BCUT2D eigenvalue weighted by atomic mass is 9.98. The van der Waals surface area contributed by atoms with Gasteiger partial charge in [-0.2, -0.15) is 0 Å². The zero-order valence-corrected chi connectivity index (χ0v) is 12.2. The first-order chi connectivity index (χ1) is 9.63. The maximum absolute atomic E-state index is 13.9. The van der Waals surface area contributed by atoms with Crippen LogP contribution in [0.15, 0.2) is 42.5 Å². The SMILES string of the molecule is CNC(Cc1ccc(OC)cc1)c1cc(Cl)ccc1F. The number of benzene rings is 2. The summed E-state index contributed by atoms with van der Waals surface area (Å²) in [5, 5.41) is 3.67. The second-order valence-electron chi connectivity index (χ2n) is 4.56. The van der Waals surface area contributed by atoms with Gasteiger partial charge in [-0.3, -0.25) is 0 Å². The number of likely N-dealkylation sites (N-methyl/N-ethyl adjacent to an activating group) is 1. The second kappa shape index (κ2) is 6.73. The predicted octanol–water partition coefficient (Wildman–Crippen LogP) is 3.99. The molecule has 4 heteroatoms. The third-order valence-electron chi connectivity index (χ3n) is 3.28. The van der Waals surface area contributed by atoms with E-state index in [1.54, 1.807) is 19.2 Å². The van der Waals surface area contributed by atoms with Crippen LogP contribution in [0.1, 0.15) is 17.2 Å². The number of hydrogen-bond donors (Lipinski definition) is 1. The van der Waals surface area contributed by atoms with Crippen molar-refractivity contribution in [3.8, 4) is 5.75 Å². The maximum atomic E-state index is 13.9. The third-order valence-corrected chi connectivity index (χ3v) is 3.52. The van der Waals surface area contributed by atoms with Crippen LogP contribution in [0.2, 0.25) is 5.02 Å². The van der Waals surface area contributed by atoms with Crippen LogP contribution in [0, 0.1) is 5.82 Å². The fourth-order valence-corrected chi connectivity index (χ4v) is 2.33. The zero-order valence-electron chi connectivity index (χ0n) is 11.5. The molecule has 0 amide bonds. The van der Waals surface area contributed by atoms with E-state index in [1.807, 2.05) is 31.3 Å². The van der Waals surface area contributed by atoms with E-state index >= 15 is 0 Å². The van der Waals surface area contributed by atoms with Crippen LogP contribution in [-0.2, 0) is 6.42 Å². The number of rotatable bonds is 5.